The molecule has 0 aliphatic carbocycles. The number of hydrogen-bond acceptors (Lipinski definition) is 5. The van der Waals surface area contributed by atoms with Crippen molar-refractivity contribution in [3.8, 4) is 0 Å². The van der Waals surface area contributed by atoms with Crippen LogP contribution in [0, 0.1) is 0 Å². The van der Waals surface area contributed by atoms with Gasteiger partial charge in [-0.25, -0.2) is 14.0 Å². The average molecular weight is 186 g/mol. The highest BCUT2D eigenvalue weighted by molar-refractivity contribution is 7.80. The molecule has 0 radical (unpaired) electrons. The Morgan fingerprint density at radius 2 is 1.91 bits per heavy atom. The third kappa shape index (κ3) is 9.79. The molecule has 0 amide bonds. The van der Waals surface area contributed by atoms with E-state index in [2.05, 4.69) is 14.0 Å². The molecule has 0 aliphatic rings. The van der Waals surface area contributed by atoms with E-state index in [1.54, 1.807) is 6.92 Å². The van der Waals surface area contributed by atoms with Crippen LogP contribution < -0.4 is 0 Å². The zero-order chi connectivity index (χ0) is 8.74. The molecule has 0 saturated carbocycles. The lowest BCUT2D eigenvalue weighted by atomic mass is 10.8. The van der Waals surface area contributed by atoms with Gasteiger partial charge in [0.1, 0.15) is 6.61 Å². The number of hydrogen-bond donors (Lipinski definition) is 1. The predicted molar refractivity (Wildman–Crippen MR) is 35.1 cm³/mol. The van der Waals surface area contributed by atoms with E-state index < -0.39 is 10.4 Å². The molecule has 7 heteroatoms. The number of rotatable bonds is 6. The Kier molecular flexibility index (Phi) is 5.34. The lowest BCUT2D eigenvalue weighted by Crippen LogP contribution is -2.10. The Morgan fingerprint density at radius 1 is 1.27 bits per heavy atom. The molecule has 68 valence electrons. The van der Waals surface area contributed by atoms with Crippen molar-refractivity contribution in [3.63, 3.8) is 0 Å². The normalized spacial score (nSPS) is 11.8. The van der Waals surface area contributed by atoms with E-state index in [-0.39, 0.29) is 13.2 Å². The van der Waals surface area contributed by atoms with Crippen LogP contribution in [0.4, 0.5) is 0 Å². The maximum atomic E-state index is 9.90. The second-order valence-corrected chi connectivity index (χ2v) is 2.57. The molecule has 0 aromatic carbocycles. The van der Waals surface area contributed by atoms with Crippen molar-refractivity contribution in [3.05, 3.63) is 0 Å². The van der Waals surface area contributed by atoms with E-state index >= 15 is 0 Å². The smallest absolute Gasteiger partial charge is 0.264 e. The van der Waals surface area contributed by atoms with Gasteiger partial charge in [-0.3, -0.25) is 4.55 Å². The summed E-state index contributed by atoms with van der Waals surface area (Å²) in [6.45, 7) is 1.77. The van der Waals surface area contributed by atoms with Gasteiger partial charge in [-0.05, 0) is 6.92 Å². The summed E-state index contributed by atoms with van der Waals surface area (Å²) in [4.78, 5) is 8.77. The Balaban J connectivity index is 3.16. The van der Waals surface area contributed by atoms with Crippen LogP contribution in [-0.4, -0.2) is 32.8 Å². The molecule has 0 bridgehead atoms. The zero-order valence-corrected chi connectivity index (χ0v) is 6.83. The third-order valence-corrected chi connectivity index (χ3v) is 1.06. The summed E-state index contributed by atoms with van der Waals surface area (Å²) in [5.41, 5.74) is 0. The van der Waals surface area contributed by atoms with Crippen LogP contribution >= 0.6 is 0 Å². The fraction of sp³-hybridized carbons (Fsp3) is 1.00. The van der Waals surface area contributed by atoms with Gasteiger partial charge in [0.15, 0.2) is 0 Å². The predicted octanol–water partition coefficient (Wildman–Crippen LogP) is -0.226. The fourth-order valence-corrected chi connectivity index (χ4v) is 0.594. The van der Waals surface area contributed by atoms with Crippen LogP contribution in [-0.2, 0) is 24.4 Å². The molecule has 6 nitrogen and oxygen atoms in total. The van der Waals surface area contributed by atoms with Crippen molar-refractivity contribution in [2.45, 2.75) is 6.92 Å². The zero-order valence-electron chi connectivity index (χ0n) is 6.02. The Hall–Kier alpha value is -0.210. The highest BCUT2D eigenvalue weighted by Gasteiger charge is 2.02. The summed E-state index contributed by atoms with van der Waals surface area (Å²) in [6, 6.07) is 0. The van der Waals surface area contributed by atoms with Crippen LogP contribution in [0.15, 0.2) is 0 Å². The first-order chi connectivity index (χ1) is 5.06. The largest absolute Gasteiger partial charge is 0.397 e. The van der Waals surface area contributed by atoms with Crippen LogP contribution in [0.2, 0.25) is 0 Å². The highest BCUT2D eigenvalue weighted by atomic mass is 32.3. The quantitative estimate of drug-likeness (QED) is 0.267. The molecule has 0 saturated heterocycles. The molecule has 0 aromatic heterocycles. The molecule has 1 N–H and O–H groups in total. The average Bonchev–Trinajstić information content (AvgIpc) is 1.85. The van der Waals surface area contributed by atoms with Gasteiger partial charge in [0.25, 0.3) is 0 Å². The Labute approximate surface area is 64.9 Å². The van der Waals surface area contributed by atoms with Gasteiger partial charge in [-0.2, -0.15) is 8.42 Å². The second-order valence-electron chi connectivity index (χ2n) is 1.48. The van der Waals surface area contributed by atoms with Crippen LogP contribution in [0.25, 0.3) is 0 Å². The molecule has 0 heterocycles. The third-order valence-electron chi connectivity index (χ3n) is 0.600. The summed E-state index contributed by atoms with van der Waals surface area (Å²) in [5.74, 6) is 0. The highest BCUT2D eigenvalue weighted by Crippen LogP contribution is 1.86. The van der Waals surface area contributed by atoms with Crippen molar-refractivity contribution in [2.75, 3.05) is 19.8 Å². The van der Waals surface area contributed by atoms with E-state index in [1.807, 2.05) is 0 Å². The van der Waals surface area contributed by atoms with Crippen molar-refractivity contribution in [2.24, 2.45) is 0 Å². The van der Waals surface area contributed by atoms with E-state index in [0.717, 1.165) is 0 Å². The molecular weight excluding hydrogens is 176 g/mol. The lowest BCUT2D eigenvalue weighted by Gasteiger charge is -1.99. The van der Waals surface area contributed by atoms with Crippen molar-refractivity contribution < 1.29 is 26.9 Å². The Bertz CT molecular complexity index is 173. The van der Waals surface area contributed by atoms with Gasteiger partial charge in [0.2, 0.25) is 0 Å². The molecule has 0 aromatic rings. The summed E-state index contributed by atoms with van der Waals surface area (Å²) in [6.07, 6.45) is 0. The molecule has 0 atom stereocenters. The van der Waals surface area contributed by atoms with E-state index in [0.29, 0.717) is 6.61 Å². The molecule has 0 fully saturated rings. The van der Waals surface area contributed by atoms with Crippen LogP contribution in [0.1, 0.15) is 6.92 Å². The van der Waals surface area contributed by atoms with Gasteiger partial charge in [-0.15, -0.1) is 0 Å². The van der Waals surface area contributed by atoms with E-state index in [1.165, 1.54) is 0 Å². The topological polar surface area (TPSA) is 82.1 Å². The molecule has 0 rings (SSSR count). The first-order valence-electron chi connectivity index (χ1n) is 2.92. The van der Waals surface area contributed by atoms with E-state index in [4.69, 9.17) is 4.55 Å². The lowest BCUT2D eigenvalue weighted by molar-refractivity contribution is -0.293. The molecule has 0 aliphatic heterocycles. The van der Waals surface area contributed by atoms with Gasteiger partial charge in [-0.1, -0.05) is 0 Å². The van der Waals surface area contributed by atoms with Gasteiger partial charge >= 0.3 is 10.4 Å². The minimum atomic E-state index is -4.35. The molecule has 0 spiro atoms. The van der Waals surface area contributed by atoms with Crippen molar-refractivity contribution in [1.29, 1.82) is 0 Å². The van der Waals surface area contributed by atoms with Crippen LogP contribution in [0.3, 0.4) is 0 Å². The Morgan fingerprint density at radius 3 is 2.36 bits per heavy atom. The minimum absolute atomic E-state index is 0.0480. The molecular formula is C4H10O6S. The standard InChI is InChI=1S/C4H10O6S/c1-2-8-9-3-4-10-11(5,6)7/h2-4H2,1H3,(H,5,6,7). The van der Waals surface area contributed by atoms with Gasteiger partial charge in [0, 0.05) is 0 Å². The van der Waals surface area contributed by atoms with Crippen molar-refractivity contribution >= 4 is 10.4 Å². The maximum Gasteiger partial charge on any atom is 0.397 e. The maximum absolute atomic E-state index is 9.90. The first-order valence-corrected chi connectivity index (χ1v) is 4.29. The summed E-state index contributed by atoms with van der Waals surface area (Å²) in [5, 5.41) is 0. The summed E-state index contributed by atoms with van der Waals surface area (Å²) in [7, 11) is -4.35. The van der Waals surface area contributed by atoms with E-state index in [9.17, 15) is 8.42 Å². The van der Waals surface area contributed by atoms with Crippen LogP contribution in [0.5, 0.6) is 0 Å². The van der Waals surface area contributed by atoms with Gasteiger partial charge < -0.3 is 0 Å². The fourth-order valence-electron chi connectivity index (χ4n) is 0.316. The second kappa shape index (κ2) is 5.44. The molecule has 11 heavy (non-hydrogen) atoms. The minimum Gasteiger partial charge on any atom is -0.264 e. The summed E-state index contributed by atoms with van der Waals surface area (Å²) >= 11 is 0. The monoisotopic (exact) mass is 186 g/mol. The van der Waals surface area contributed by atoms with Gasteiger partial charge in [0.05, 0.1) is 13.2 Å². The van der Waals surface area contributed by atoms with Crippen molar-refractivity contribution in [1.82, 2.24) is 0 Å². The SMILES string of the molecule is CCOOCCOS(=O)(=O)O. The summed E-state index contributed by atoms with van der Waals surface area (Å²) < 4.78 is 31.7. The first kappa shape index (κ1) is 10.8. The molecule has 0 unspecified atom stereocenters.